The molecular weight excluding hydrogens is 332 g/mol. The van der Waals surface area contributed by atoms with Crippen molar-refractivity contribution in [1.82, 2.24) is 25.4 Å². The van der Waals surface area contributed by atoms with Gasteiger partial charge in [0.2, 0.25) is 0 Å². The number of hydrogen-bond donors (Lipinski definition) is 2. The van der Waals surface area contributed by atoms with Crippen LogP contribution >= 0.6 is 11.3 Å². The number of rotatable bonds is 6. The van der Waals surface area contributed by atoms with Crippen molar-refractivity contribution in [1.29, 1.82) is 0 Å². The normalized spacial score (nSPS) is 14.9. The van der Waals surface area contributed by atoms with Crippen LogP contribution in [0.5, 0.6) is 0 Å². The largest absolute Gasteiger partial charge is 0.356 e. The second-order valence-corrected chi connectivity index (χ2v) is 7.57. The summed E-state index contributed by atoms with van der Waals surface area (Å²) in [6.07, 6.45) is 6.78. The number of guanidine groups is 1. The molecule has 1 aliphatic rings. The molecule has 2 N–H and O–H groups in total. The first kappa shape index (κ1) is 17.9. The Morgan fingerprint density at radius 1 is 1.20 bits per heavy atom. The summed E-state index contributed by atoms with van der Waals surface area (Å²) in [5.41, 5.74) is 0. The van der Waals surface area contributed by atoms with Gasteiger partial charge < -0.3 is 15.2 Å². The van der Waals surface area contributed by atoms with E-state index < -0.39 is 0 Å². The van der Waals surface area contributed by atoms with Gasteiger partial charge in [-0.15, -0.1) is 21.5 Å². The van der Waals surface area contributed by atoms with E-state index in [1.807, 2.05) is 18.4 Å². The summed E-state index contributed by atoms with van der Waals surface area (Å²) in [7, 11) is 1.81. The molecule has 136 valence electrons. The third kappa shape index (κ3) is 4.81. The molecule has 3 heterocycles. The van der Waals surface area contributed by atoms with Crippen LogP contribution in [-0.2, 0) is 32.4 Å². The molecule has 0 amide bonds. The molecule has 0 atom stereocenters. The van der Waals surface area contributed by atoms with E-state index in [-0.39, 0.29) is 0 Å². The van der Waals surface area contributed by atoms with Crippen LogP contribution in [0.3, 0.4) is 0 Å². The summed E-state index contributed by atoms with van der Waals surface area (Å²) in [6.45, 7) is 4.87. The SMILES string of the molecule is CCc1ccc(CNC(=NC)NCCc2nnc3n2CCCCC3)s1. The van der Waals surface area contributed by atoms with Gasteiger partial charge in [0.15, 0.2) is 5.96 Å². The van der Waals surface area contributed by atoms with Crippen LogP contribution in [0.4, 0.5) is 0 Å². The molecule has 0 unspecified atom stereocenters. The van der Waals surface area contributed by atoms with Gasteiger partial charge >= 0.3 is 0 Å². The van der Waals surface area contributed by atoms with Crippen LogP contribution in [0.2, 0.25) is 0 Å². The first-order chi connectivity index (χ1) is 12.3. The van der Waals surface area contributed by atoms with E-state index in [4.69, 9.17) is 0 Å². The highest BCUT2D eigenvalue weighted by Crippen LogP contribution is 2.16. The van der Waals surface area contributed by atoms with Gasteiger partial charge in [-0.25, -0.2) is 0 Å². The van der Waals surface area contributed by atoms with E-state index in [1.54, 1.807) is 0 Å². The molecule has 7 heteroatoms. The number of aromatic nitrogens is 3. The minimum atomic E-state index is 0.808. The quantitative estimate of drug-likeness (QED) is 0.614. The van der Waals surface area contributed by atoms with E-state index in [2.05, 4.69) is 49.4 Å². The third-order valence-corrected chi connectivity index (χ3v) is 5.78. The van der Waals surface area contributed by atoms with E-state index in [1.165, 1.54) is 29.0 Å². The fourth-order valence-corrected chi connectivity index (χ4v) is 4.02. The molecule has 0 aliphatic carbocycles. The summed E-state index contributed by atoms with van der Waals surface area (Å²) in [4.78, 5) is 7.07. The minimum absolute atomic E-state index is 0.808. The molecule has 0 aromatic carbocycles. The van der Waals surface area contributed by atoms with Gasteiger partial charge in [-0.05, 0) is 31.4 Å². The second kappa shape index (κ2) is 8.99. The zero-order chi connectivity index (χ0) is 17.5. The van der Waals surface area contributed by atoms with Crippen molar-refractivity contribution in [3.05, 3.63) is 33.5 Å². The lowest BCUT2D eigenvalue weighted by Crippen LogP contribution is -2.38. The highest BCUT2D eigenvalue weighted by atomic mass is 32.1. The molecule has 0 radical (unpaired) electrons. The summed E-state index contributed by atoms with van der Waals surface area (Å²) >= 11 is 1.86. The van der Waals surface area contributed by atoms with E-state index in [9.17, 15) is 0 Å². The molecule has 0 fully saturated rings. The molecule has 0 saturated carbocycles. The predicted molar refractivity (Wildman–Crippen MR) is 103 cm³/mol. The van der Waals surface area contributed by atoms with Gasteiger partial charge in [-0.3, -0.25) is 4.99 Å². The lowest BCUT2D eigenvalue weighted by molar-refractivity contribution is 0.600. The Morgan fingerprint density at radius 2 is 2.08 bits per heavy atom. The van der Waals surface area contributed by atoms with E-state index >= 15 is 0 Å². The smallest absolute Gasteiger partial charge is 0.191 e. The third-order valence-electron chi connectivity index (χ3n) is 4.55. The Kier molecular flexibility index (Phi) is 6.44. The molecule has 6 nitrogen and oxygen atoms in total. The van der Waals surface area contributed by atoms with Crippen molar-refractivity contribution < 1.29 is 0 Å². The number of nitrogens with one attached hydrogen (secondary N) is 2. The van der Waals surface area contributed by atoms with Crippen LogP contribution in [0, 0.1) is 0 Å². The number of aliphatic imine (C=N–C) groups is 1. The Bertz CT molecular complexity index is 702. The standard InChI is InChI=1S/C18H28N6S/c1-3-14-8-9-15(25-14)13-21-18(19-2)20-11-10-17-23-22-16-7-5-4-6-12-24(16)17/h8-9H,3-7,10-13H2,1-2H3,(H2,19,20,21). The van der Waals surface area contributed by atoms with Crippen molar-refractivity contribution in [2.45, 2.75) is 58.5 Å². The summed E-state index contributed by atoms with van der Waals surface area (Å²) < 4.78 is 2.31. The maximum absolute atomic E-state index is 4.38. The summed E-state index contributed by atoms with van der Waals surface area (Å²) in [5, 5.41) is 15.5. The Hall–Kier alpha value is -1.89. The highest BCUT2D eigenvalue weighted by molar-refractivity contribution is 7.11. The Labute approximate surface area is 153 Å². The molecule has 3 rings (SSSR count). The zero-order valence-corrected chi connectivity index (χ0v) is 16.0. The van der Waals surface area contributed by atoms with Crippen LogP contribution < -0.4 is 10.6 Å². The molecule has 2 aromatic heterocycles. The molecule has 1 aliphatic heterocycles. The average Bonchev–Trinajstić information content (AvgIpc) is 3.18. The Morgan fingerprint density at radius 3 is 2.88 bits per heavy atom. The molecule has 0 saturated heterocycles. The molecule has 0 bridgehead atoms. The number of nitrogens with zero attached hydrogens (tertiary/aromatic N) is 4. The van der Waals surface area contributed by atoms with Gasteiger partial charge in [-0.1, -0.05) is 13.3 Å². The van der Waals surface area contributed by atoms with Gasteiger partial charge in [-0.2, -0.15) is 0 Å². The topological polar surface area (TPSA) is 67.1 Å². The van der Waals surface area contributed by atoms with Crippen LogP contribution in [0.15, 0.2) is 17.1 Å². The highest BCUT2D eigenvalue weighted by Gasteiger charge is 2.14. The molecule has 0 spiro atoms. The second-order valence-electron chi connectivity index (χ2n) is 6.32. The average molecular weight is 361 g/mol. The monoisotopic (exact) mass is 360 g/mol. The minimum Gasteiger partial charge on any atom is -0.356 e. The Balaban J connectivity index is 1.46. The van der Waals surface area contributed by atoms with Gasteiger partial charge in [0.1, 0.15) is 11.6 Å². The summed E-state index contributed by atoms with van der Waals surface area (Å²) in [6, 6.07) is 4.39. The number of hydrogen-bond acceptors (Lipinski definition) is 4. The van der Waals surface area contributed by atoms with E-state index in [0.29, 0.717) is 0 Å². The fourth-order valence-electron chi connectivity index (χ4n) is 3.12. The van der Waals surface area contributed by atoms with Crippen molar-refractivity contribution in [3.8, 4) is 0 Å². The predicted octanol–water partition coefficient (Wildman–Crippen LogP) is 2.54. The van der Waals surface area contributed by atoms with Crippen molar-refractivity contribution >= 4 is 17.3 Å². The van der Waals surface area contributed by atoms with Crippen molar-refractivity contribution in [2.75, 3.05) is 13.6 Å². The maximum atomic E-state index is 4.38. The van der Waals surface area contributed by atoms with Crippen LogP contribution in [0.25, 0.3) is 0 Å². The maximum Gasteiger partial charge on any atom is 0.191 e. The van der Waals surface area contributed by atoms with E-state index in [0.717, 1.165) is 56.5 Å². The first-order valence-electron chi connectivity index (χ1n) is 9.23. The summed E-state index contributed by atoms with van der Waals surface area (Å²) in [5.74, 6) is 3.08. The number of fused-ring (bicyclic) bond motifs is 1. The lowest BCUT2D eigenvalue weighted by Gasteiger charge is -2.11. The van der Waals surface area contributed by atoms with Gasteiger partial charge in [0.25, 0.3) is 0 Å². The number of aryl methyl sites for hydroxylation is 2. The van der Waals surface area contributed by atoms with Crippen LogP contribution in [-0.4, -0.2) is 34.3 Å². The lowest BCUT2D eigenvalue weighted by atomic mass is 10.2. The molecule has 2 aromatic rings. The van der Waals surface area contributed by atoms with Crippen LogP contribution in [0.1, 0.15) is 47.6 Å². The van der Waals surface area contributed by atoms with Gasteiger partial charge in [0.05, 0.1) is 6.54 Å². The zero-order valence-electron chi connectivity index (χ0n) is 15.2. The molecular formula is C18H28N6S. The molecule has 25 heavy (non-hydrogen) atoms. The fraction of sp³-hybridized carbons (Fsp3) is 0.611. The van der Waals surface area contributed by atoms with Crippen molar-refractivity contribution in [2.24, 2.45) is 4.99 Å². The first-order valence-corrected chi connectivity index (χ1v) is 10.0. The number of thiophene rings is 1. The van der Waals surface area contributed by atoms with Gasteiger partial charge in [0, 0.05) is 42.7 Å². The van der Waals surface area contributed by atoms with Crippen molar-refractivity contribution in [3.63, 3.8) is 0 Å².